The number of ether oxygens (including phenoxy) is 2. The Bertz CT molecular complexity index is 590. The van der Waals surface area contributed by atoms with Gasteiger partial charge in [0, 0.05) is 19.0 Å². The van der Waals surface area contributed by atoms with E-state index in [0.717, 1.165) is 0 Å². The Kier molecular flexibility index (Phi) is 4.64. The minimum atomic E-state index is -0.543. The molecule has 1 fully saturated rings. The van der Waals surface area contributed by atoms with Crippen molar-refractivity contribution in [3.05, 3.63) is 23.2 Å². The van der Waals surface area contributed by atoms with Crippen LogP contribution in [0.15, 0.2) is 18.2 Å². The van der Waals surface area contributed by atoms with E-state index in [1.165, 1.54) is 18.1 Å². The summed E-state index contributed by atoms with van der Waals surface area (Å²) in [6, 6.07) is 4.11. The summed E-state index contributed by atoms with van der Waals surface area (Å²) in [5.41, 5.74) is 0.407. The Morgan fingerprint density at radius 3 is 2.86 bits per heavy atom. The van der Waals surface area contributed by atoms with Crippen molar-refractivity contribution in [2.45, 2.75) is 6.42 Å². The summed E-state index contributed by atoms with van der Waals surface area (Å²) < 4.78 is 9.71. The summed E-state index contributed by atoms with van der Waals surface area (Å²) in [4.78, 5) is 35.3. The van der Waals surface area contributed by atoms with Crippen LogP contribution in [-0.4, -0.2) is 38.2 Å². The average Bonchev–Trinajstić information content (AvgIpc) is 2.46. The maximum atomic E-state index is 11.8. The summed E-state index contributed by atoms with van der Waals surface area (Å²) in [7, 11) is 1.26. The van der Waals surface area contributed by atoms with Gasteiger partial charge in [0.1, 0.15) is 5.75 Å². The van der Waals surface area contributed by atoms with Crippen molar-refractivity contribution in [1.82, 2.24) is 5.32 Å². The molecule has 21 heavy (non-hydrogen) atoms. The molecule has 0 aliphatic carbocycles. The molecule has 1 saturated heterocycles. The standard InChI is InChI=1S/C13H13ClN2O5/c1-20-12(18)7-21-8-2-3-9(14)10(6-8)16-5-4-11(17)15-13(16)19/h2-3,6H,4-5,7H2,1H3,(H,15,17,19). The van der Waals surface area contributed by atoms with Gasteiger partial charge in [-0.15, -0.1) is 0 Å². The van der Waals surface area contributed by atoms with Crippen molar-refractivity contribution in [2.75, 3.05) is 25.2 Å². The SMILES string of the molecule is COC(=O)COc1ccc(Cl)c(N2CCC(=O)NC2=O)c1. The molecule has 2 rings (SSSR count). The highest BCUT2D eigenvalue weighted by Gasteiger charge is 2.26. The number of nitrogens with one attached hydrogen (secondary N) is 1. The predicted molar refractivity (Wildman–Crippen MR) is 74.5 cm³/mol. The molecule has 1 N–H and O–H groups in total. The van der Waals surface area contributed by atoms with Gasteiger partial charge in [0.15, 0.2) is 6.61 Å². The highest BCUT2D eigenvalue weighted by molar-refractivity contribution is 6.34. The number of hydrogen-bond acceptors (Lipinski definition) is 5. The summed E-state index contributed by atoms with van der Waals surface area (Å²) in [6.45, 7) is -0.0207. The van der Waals surface area contributed by atoms with Crippen molar-refractivity contribution >= 4 is 35.2 Å². The van der Waals surface area contributed by atoms with Gasteiger partial charge in [0.2, 0.25) is 5.91 Å². The fourth-order valence-corrected chi connectivity index (χ4v) is 2.00. The summed E-state index contributed by atoms with van der Waals surface area (Å²) in [6.07, 6.45) is 0.190. The number of methoxy groups -OCH3 is 1. The molecular weight excluding hydrogens is 300 g/mol. The first kappa shape index (κ1) is 15.1. The van der Waals surface area contributed by atoms with Crippen LogP contribution >= 0.6 is 11.6 Å². The monoisotopic (exact) mass is 312 g/mol. The van der Waals surface area contributed by atoms with Gasteiger partial charge in [0.05, 0.1) is 17.8 Å². The highest BCUT2D eigenvalue weighted by Crippen LogP contribution is 2.31. The lowest BCUT2D eigenvalue weighted by molar-refractivity contribution is -0.142. The molecule has 0 unspecified atom stereocenters. The van der Waals surface area contributed by atoms with Crippen molar-refractivity contribution < 1.29 is 23.9 Å². The Labute approximate surface area is 125 Å². The van der Waals surface area contributed by atoms with Gasteiger partial charge in [-0.05, 0) is 12.1 Å². The van der Waals surface area contributed by atoms with E-state index < -0.39 is 12.0 Å². The van der Waals surface area contributed by atoms with Gasteiger partial charge in [-0.2, -0.15) is 0 Å². The molecule has 0 bridgehead atoms. The molecule has 1 aliphatic rings. The first-order chi connectivity index (χ1) is 10.0. The molecule has 0 atom stereocenters. The lowest BCUT2D eigenvalue weighted by Crippen LogP contribution is -2.49. The topological polar surface area (TPSA) is 84.9 Å². The second-order valence-corrected chi connectivity index (χ2v) is 4.64. The number of esters is 1. The fourth-order valence-electron chi connectivity index (χ4n) is 1.78. The minimum Gasteiger partial charge on any atom is -0.482 e. The molecular formula is C13H13ClN2O5. The number of urea groups is 1. The summed E-state index contributed by atoms with van der Waals surface area (Å²) in [5.74, 6) is -0.484. The number of halogens is 1. The van der Waals surface area contributed by atoms with Gasteiger partial charge in [-0.3, -0.25) is 15.0 Å². The lowest BCUT2D eigenvalue weighted by Gasteiger charge is -2.27. The van der Waals surface area contributed by atoms with E-state index in [4.69, 9.17) is 16.3 Å². The number of nitrogens with zero attached hydrogens (tertiary/aromatic N) is 1. The van der Waals surface area contributed by atoms with Crippen LogP contribution in [0.1, 0.15) is 6.42 Å². The normalized spacial score (nSPS) is 14.7. The number of amides is 3. The van der Waals surface area contributed by atoms with E-state index in [-0.39, 0.29) is 25.5 Å². The quantitative estimate of drug-likeness (QED) is 0.848. The van der Waals surface area contributed by atoms with E-state index >= 15 is 0 Å². The number of carbonyl (C=O) groups excluding carboxylic acids is 3. The lowest BCUT2D eigenvalue weighted by atomic mass is 10.2. The third kappa shape index (κ3) is 3.63. The molecule has 0 radical (unpaired) electrons. The largest absolute Gasteiger partial charge is 0.482 e. The van der Waals surface area contributed by atoms with Crippen LogP contribution in [0.4, 0.5) is 10.5 Å². The molecule has 1 aliphatic heterocycles. The molecule has 0 saturated carbocycles. The van der Waals surface area contributed by atoms with E-state index in [1.807, 2.05) is 0 Å². The second kappa shape index (κ2) is 6.45. The van der Waals surface area contributed by atoms with Crippen molar-refractivity contribution in [1.29, 1.82) is 0 Å². The smallest absolute Gasteiger partial charge is 0.343 e. The zero-order valence-electron chi connectivity index (χ0n) is 11.2. The van der Waals surface area contributed by atoms with Crippen LogP contribution < -0.4 is 15.0 Å². The van der Waals surface area contributed by atoms with Crippen LogP contribution in [0.3, 0.4) is 0 Å². The Hall–Kier alpha value is -2.28. The van der Waals surface area contributed by atoms with Crippen LogP contribution in [0.2, 0.25) is 5.02 Å². The van der Waals surface area contributed by atoms with Crippen molar-refractivity contribution in [3.63, 3.8) is 0 Å². The maximum absolute atomic E-state index is 11.8. The third-order valence-corrected chi connectivity index (χ3v) is 3.17. The first-order valence-electron chi connectivity index (χ1n) is 6.12. The molecule has 0 spiro atoms. The number of benzene rings is 1. The summed E-state index contributed by atoms with van der Waals surface area (Å²) in [5, 5.41) is 2.55. The molecule has 1 aromatic rings. The number of anilines is 1. The Morgan fingerprint density at radius 1 is 1.43 bits per heavy atom. The predicted octanol–water partition coefficient (Wildman–Crippen LogP) is 1.34. The number of carbonyl (C=O) groups is 3. The van der Waals surface area contributed by atoms with Gasteiger partial charge < -0.3 is 9.47 Å². The first-order valence-corrected chi connectivity index (χ1v) is 6.49. The van der Waals surface area contributed by atoms with Gasteiger partial charge >= 0.3 is 12.0 Å². The highest BCUT2D eigenvalue weighted by atomic mass is 35.5. The van der Waals surface area contributed by atoms with E-state index in [0.29, 0.717) is 16.5 Å². The summed E-state index contributed by atoms with van der Waals surface area (Å²) >= 11 is 6.07. The van der Waals surface area contributed by atoms with E-state index in [9.17, 15) is 14.4 Å². The molecule has 1 heterocycles. The molecule has 3 amide bonds. The molecule has 8 heteroatoms. The maximum Gasteiger partial charge on any atom is 0.343 e. The zero-order chi connectivity index (χ0) is 15.4. The van der Waals surface area contributed by atoms with Crippen molar-refractivity contribution in [3.8, 4) is 5.75 Å². The van der Waals surface area contributed by atoms with Crippen LogP contribution in [0.5, 0.6) is 5.75 Å². The van der Waals surface area contributed by atoms with Crippen LogP contribution in [-0.2, 0) is 14.3 Å². The van der Waals surface area contributed by atoms with E-state index in [2.05, 4.69) is 10.1 Å². The van der Waals surface area contributed by atoms with Gasteiger partial charge in [-0.25, -0.2) is 9.59 Å². The van der Waals surface area contributed by atoms with Gasteiger partial charge in [0.25, 0.3) is 0 Å². The number of imide groups is 1. The van der Waals surface area contributed by atoms with Gasteiger partial charge in [-0.1, -0.05) is 11.6 Å². The Morgan fingerprint density at radius 2 is 2.19 bits per heavy atom. The fraction of sp³-hybridized carbons (Fsp3) is 0.308. The Balaban J connectivity index is 2.17. The molecule has 7 nitrogen and oxygen atoms in total. The van der Waals surface area contributed by atoms with Crippen molar-refractivity contribution in [2.24, 2.45) is 0 Å². The van der Waals surface area contributed by atoms with Crippen LogP contribution in [0, 0.1) is 0 Å². The third-order valence-electron chi connectivity index (χ3n) is 2.85. The average molecular weight is 313 g/mol. The van der Waals surface area contributed by atoms with E-state index in [1.54, 1.807) is 12.1 Å². The molecule has 1 aromatic carbocycles. The molecule has 0 aromatic heterocycles. The number of hydrogen-bond donors (Lipinski definition) is 1. The van der Waals surface area contributed by atoms with Crippen LogP contribution in [0.25, 0.3) is 0 Å². The zero-order valence-corrected chi connectivity index (χ0v) is 12.0. The number of rotatable bonds is 4. The minimum absolute atomic E-state index is 0.190. The molecule has 112 valence electrons. The second-order valence-electron chi connectivity index (χ2n) is 4.23.